The van der Waals surface area contributed by atoms with Crippen LogP contribution in [0, 0.1) is 0 Å². The molecule has 0 aliphatic heterocycles. The lowest BCUT2D eigenvalue weighted by Gasteiger charge is -2.01. The molecule has 2 aromatic heterocycles. The standard InChI is InChI=1S/C16H15N5S/c1-21-15(14-12-17-9-10-18-14)19-20-16(21)22-11-5-8-13-6-3-2-4-7-13/h2-10,12H,11H2,1H3. The van der Waals surface area contributed by atoms with Crippen molar-refractivity contribution >= 4 is 17.8 Å². The molecule has 0 spiro atoms. The Morgan fingerprint density at radius 2 is 2.00 bits per heavy atom. The predicted molar refractivity (Wildman–Crippen MR) is 88.2 cm³/mol. The number of nitrogens with zero attached hydrogens (tertiary/aromatic N) is 5. The summed E-state index contributed by atoms with van der Waals surface area (Å²) in [5, 5.41) is 9.26. The first-order chi connectivity index (χ1) is 10.8. The van der Waals surface area contributed by atoms with E-state index in [9.17, 15) is 0 Å². The monoisotopic (exact) mass is 309 g/mol. The molecule has 0 unspecified atom stereocenters. The highest BCUT2D eigenvalue weighted by Crippen LogP contribution is 2.20. The maximum atomic E-state index is 4.25. The van der Waals surface area contributed by atoms with E-state index in [-0.39, 0.29) is 0 Å². The molecule has 0 saturated carbocycles. The van der Waals surface area contributed by atoms with Crippen LogP contribution in [-0.2, 0) is 7.05 Å². The summed E-state index contributed by atoms with van der Waals surface area (Å²) >= 11 is 1.64. The van der Waals surface area contributed by atoms with Crippen LogP contribution in [0.5, 0.6) is 0 Å². The topological polar surface area (TPSA) is 56.5 Å². The number of aromatic nitrogens is 5. The fourth-order valence-electron chi connectivity index (χ4n) is 1.95. The average molecular weight is 309 g/mol. The third-order valence-electron chi connectivity index (χ3n) is 3.05. The first-order valence-corrected chi connectivity index (χ1v) is 7.83. The van der Waals surface area contributed by atoms with Crippen molar-refractivity contribution in [2.24, 2.45) is 7.05 Å². The molecule has 0 aliphatic carbocycles. The van der Waals surface area contributed by atoms with Gasteiger partial charge in [0, 0.05) is 25.2 Å². The third kappa shape index (κ3) is 3.40. The van der Waals surface area contributed by atoms with Gasteiger partial charge in [-0.2, -0.15) is 0 Å². The van der Waals surface area contributed by atoms with Crippen molar-refractivity contribution in [3.8, 4) is 11.5 Å². The molecular weight excluding hydrogens is 294 g/mol. The summed E-state index contributed by atoms with van der Waals surface area (Å²) in [6.07, 6.45) is 9.21. The first-order valence-electron chi connectivity index (χ1n) is 6.85. The second-order valence-electron chi connectivity index (χ2n) is 4.58. The van der Waals surface area contributed by atoms with Crippen LogP contribution < -0.4 is 0 Å². The van der Waals surface area contributed by atoms with Gasteiger partial charge in [-0.25, -0.2) is 4.98 Å². The Balaban J connectivity index is 1.65. The lowest BCUT2D eigenvalue weighted by Crippen LogP contribution is -1.96. The first kappa shape index (κ1) is 14.5. The van der Waals surface area contributed by atoms with Gasteiger partial charge in [0.1, 0.15) is 5.69 Å². The quantitative estimate of drug-likeness (QED) is 0.678. The third-order valence-corrected chi connectivity index (χ3v) is 4.02. The average Bonchev–Trinajstić information content (AvgIpc) is 2.94. The zero-order valence-electron chi connectivity index (χ0n) is 12.1. The molecule has 0 bridgehead atoms. The molecule has 2 heterocycles. The Bertz CT molecular complexity index is 753. The molecule has 0 radical (unpaired) electrons. The fourth-order valence-corrected chi connectivity index (χ4v) is 2.67. The summed E-state index contributed by atoms with van der Waals surface area (Å²) in [6, 6.07) is 10.2. The predicted octanol–water partition coefficient (Wildman–Crippen LogP) is 3.08. The zero-order chi connectivity index (χ0) is 15.2. The number of hydrogen-bond acceptors (Lipinski definition) is 5. The minimum absolute atomic E-state index is 0.725. The van der Waals surface area contributed by atoms with E-state index in [1.165, 1.54) is 5.56 Å². The lowest BCUT2D eigenvalue weighted by atomic mass is 10.2. The van der Waals surface area contributed by atoms with Gasteiger partial charge in [0.15, 0.2) is 11.0 Å². The maximum absolute atomic E-state index is 4.25. The van der Waals surface area contributed by atoms with Gasteiger partial charge >= 0.3 is 0 Å². The van der Waals surface area contributed by atoms with Crippen LogP contribution in [0.1, 0.15) is 5.56 Å². The van der Waals surface area contributed by atoms with Crippen molar-refractivity contribution in [2.75, 3.05) is 5.75 Å². The van der Waals surface area contributed by atoms with Crippen LogP contribution >= 0.6 is 11.8 Å². The van der Waals surface area contributed by atoms with E-state index in [1.54, 1.807) is 30.4 Å². The Morgan fingerprint density at radius 1 is 1.14 bits per heavy atom. The Hall–Kier alpha value is -2.47. The largest absolute Gasteiger partial charge is 0.304 e. The summed E-state index contributed by atoms with van der Waals surface area (Å²) in [7, 11) is 1.94. The molecule has 0 aliphatic rings. The molecular formula is C16H15N5S. The van der Waals surface area contributed by atoms with Gasteiger partial charge in [0.2, 0.25) is 0 Å². The highest BCUT2D eigenvalue weighted by molar-refractivity contribution is 7.99. The van der Waals surface area contributed by atoms with Gasteiger partial charge in [-0.1, -0.05) is 54.2 Å². The second-order valence-corrected chi connectivity index (χ2v) is 5.57. The van der Waals surface area contributed by atoms with E-state index in [0.717, 1.165) is 22.4 Å². The molecule has 0 fully saturated rings. The summed E-state index contributed by atoms with van der Waals surface area (Å²) in [5.74, 6) is 1.56. The molecule has 3 aromatic rings. The van der Waals surface area contributed by atoms with Crippen molar-refractivity contribution in [3.63, 3.8) is 0 Å². The zero-order valence-corrected chi connectivity index (χ0v) is 12.9. The Labute approximate surface area is 133 Å². The lowest BCUT2D eigenvalue weighted by molar-refractivity contribution is 0.792. The smallest absolute Gasteiger partial charge is 0.191 e. The van der Waals surface area contributed by atoms with E-state index < -0.39 is 0 Å². The SMILES string of the molecule is Cn1c(SCC=Cc2ccccc2)nnc1-c1cnccn1. The molecule has 0 saturated heterocycles. The maximum Gasteiger partial charge on any atom is 0.191 e. The minimum atomic E-state index is 0.725. The molecule has 6 heteroatoms. The summed E-state index contributed by atoms with van der Waals surface area (Å²) in [5.41, 5.74) is 1.92. The van der Waals surface area contributed by atoms with Crippen molar-refractivity contribution in [1.82, 2.24) is 24.7 Å². The normalized spacial score (nSPS) is 11.1. The number of thioether (sulfide) groups is 1. The van der Waals surface area contributed by atoms with Gasteiger partial charge in [0.25, 0.3) is 0 Å². The molecule has 22 heavy (non-hydrogen) atoms. The van der Waals surface area contributed by atoms with Crippen molar-refractivity contribution in [3.05, 3.63) is 60.6 Å². The number of benzene rings is 1. The van der Waals surface area contributed by atoms with Crippen LogP contribution in [0.15, 0.2) is 60.2 Å². The van der Waals surface area contributed by atoms with Crippen LogP contribution in [0.4, 0.5) is 0 Å². The van der Waals surface area contributed by atoms with Gasteiger partial charge < -0.3 is 4.57 Å². The molecule has 110 valence electrons. The second kappa shape index (κ2) is 7.00. The summed E-state index contributed by atoms with van der Waals surface area (Å²) in [4.78, 5) is 8.31. The van der Waals surface area contributed by atoms with Crippen molar-refractivity contribution < 1.29 is 0 Å². The van der Waals surface area contributed by atoms with Crippen LogP contribution in [0.3, 0.4) is 0 Å². The van der Waals surface area contributed by atoms with E-state index in [2.05, 4.69) is 44.5 Å². The van der Waals surface area contributed by atoms with Crippen LogP contribution in [0.25, 0.3) is 17.6 Å². The van der Waals surface area contributed by atoms with E-state index >= 15 is 0 Å². The summed E-state index contributed by atoms with van der Waals surface area (Å²) < 4.78 is 1.94. The van der Waals surface area contributed by atoms with Crippen LogP contribution in [-0.4, -0.2) is 30.5 Å². The Morgan fingerprint density at radius 3 is 2.77 bits per heavy atom. The molecule has 0 atom stereocenters. The Kier molecular flexibility index (Phi) is 4.60. The highest BCUT2D eigenvalue weighted by atomic mass is 32.2. The van der Waals surface area contributed by atoms with Crippen molar-refractivity contribution in [1.29, 1.82) is 0 Å². The van der Waals surface area contributed by atoms with Crippen LogP contribution in [0.2, 0.25) is 0 Å². The van der Waals surface area contributed by atoms with Gasteiger partial charge in [-0.05, 0) is 5.56 Å². The number of hydrogen-bond donors (Lipinski definition) is 0. The summed E-state index contributed by atoms with van der Waals surface area (Å²) in [6.45, 7) is 0. The molecule has 0 N–H and O–H groups in total. The fraction of sp³-hybridized carbons (Fsp3) is 0.125. The van der Waals surface area contributed by atoms with Crippen molar-refractivity contribution in [2.45, 2.75) is 5.16 Å². The molecule has 0 amide bonds. The molecule has 1 aromatic carbocycles. The molecule has 5 nitrogen and oxygen atoms in total. The van der Waals surface area contributed by atoms with Gasteiger partial charge in [-0.15, -0.1) is 10.2 Å². The van der Waals surface area contributed by atoms with Gasteiger partial charge in [-0.3, -0.25) is 4.98 Å². The van der Waals surface area contributed by atoms with E-state index in [0.29, 0.717) is 0 Å². The minimum Gasteiger partial charge on any atom is -0.304 e. The highest BCUT2D eigenvalue weighted by Gasteiger charge is 2.11. The molecule has 3 rings (SSSR count). The van der Waals surface area contributed by atoms with Gasteiger partial charge in [0.05, 0.1) is 6.20 Å². The van der Waals surface area contributed by atoms with E-state index in [1.807, 2.05) is 29.8 Å². The number of rotatable bonds is 5. The van der Waals surface area contributed by atoms with E-state index in [4.69, 9.17) is 0 Å².